The van der Waals surface area contributed by atoms with Gasteiger partial charge in [0.05, 0.1) is 5.60 Å². The van der Waals surface area contributed by atoms with E-state index in [9.17, 15) is 5.11 Å². The minimum atomic E-state index is -0.565. The smallest absolute Gasteiger partial charge is 0.0797 e. The summed E-state index contributed by atoms with van der Waals surface area (Å²) in [4.78, 5) is 2.54. The van der Waals surface area contributed by atoms with Crippen LogP contribution in [-0.2, 0) is 0 Å². The number of hydrogen-bond donors (Lipinski definition) is 2. The molecule has 3 nitrogen and oxygen atoms in total. The van der Waals surface area contributed by atoms with Crippen molar-refractivity contribution in [1.82, 2.24) is 4.90 Å². The number of nitrogens with two attached hydrogens (primary N) is 1. The molecule has 0 saturated heterocycles. The quantitative estimate of drug-likeness (QED) is 0.753. The summed E-state index contributed by atoms with van der Waals surface area (Å²) in [5.74, 6) is 0.422. The number of hydrogen-bond acceptors (Lipinski definition) is 3. The van der Waals surface area contributed by atoms with Crippen LogP contribution in [0, 0.1) is 5.92 Å². The van der Waals surface area contributed by atoms with Gasteiger partial charge in [0.25, 0.3) is 0 Å². The van der Waals surface area contributed by atoms with Crippen molar-refractivity contribution in [3.63, 3.8) is 0 Å². The molecule has 2 aliphatic carbocycles. The third-order valence-corrected chi connectivity index (χ3v) is 5.55. The van der Waals surface area contributed by atoms with Crippen LogP contribution in [0.5, 0.6) is 0 Å². The molecule has 3 N–H and O–H groups in total. The van der Waals surface area contributed by atoms with Crippen molar-refractivity contribution in [3.05, 3.63) is 0 Å². The second kappa shape index (κ2) is 7.05. The Morgan fingerprint density at radius 2 is 1.79 bits per heavy atom. The van der Waals surface area contributed by atoms with Crippen molar-refractivity contribution in [2.45, 2.75) is 75.9 Å². The van der Waals surface area contributed by atoms with E-state index in [2.05, 4.69) is 11.9 Å². The summed E-state index contributed by atoms with van der Waals surface area (Å²) in [6, 6.07) is 0.773. The third-order valence-electron chi connectivity index (χ3n) is 5.55. The van der Waals surface area contributed by atoms with E-state index in [1.165, 1.54) is 38.5 Å². The van der Waals surface area contributed by atoms with E-state index in [0.717, 1.165) is 38.3 Å². The predicted octanol–water partition coefficient (Wildman–Crippen LogP) is 2.52. The topological polar surface area (TPSA) is 49.5 Å². The fourth-order valence-corrected chi connectivity index (χ4v) is 4.05. The lowest BCUT2D eigenvalue weighted by Crippen LogP contribution is -2.43. The maximum atomic E-state index is 10.5. The monoisotopic (exact) mass is 268 g/mol. The van der Waals surface area contributed by atoms with Crippen molar-refractivity contribution >= 4 is 0 Å². The van der Waals surface area contributed by atoms with Crippen LogP contribution in [0.1, 0.15) is 64.2 Å². The average Bonchev–Trinajstić information content (AvgIpc) is 2.64. The average molecular weight is 268 g/mol. The van der Waals surface area contributed by atoms with Crippen LogP contribution in [0.2, 0.25) is 0 Å². The molecule has 2 aliphatic rings. The summed E-state index contributed by atoms with van der Waals surface area (Å²) in [5.41, 5.74) is 5.20. The fraction of sp³-hybridized carbons (Fsp3) is 1.00. The molecule has 2 rings (SSSR count). The van der Waals surface area contributed by atoms with Crippen molar-refractivity contribution in [2.24, 2.45) is 11.7 Å². The Morgan fingerprint density at radius 3 is 2.42 bits per heavy atom. The molecule has 112 valence electrons. The van der Waals surface area contributed by atoms with Gasteiger partial charge in [-0.3, -0.25) is 0 Å². The van der Waals surface area contributed by atoms with Crippen LogP contribution in [0.25, 0.3) is 0 Å². The summed E-state index contributed by atoms with van der Waals surface area (Å²) in [6.45, 7) is 1.56. The number of aliphatic hydroxyl groups is 1. The molecule has 19 heavy (non-hydrogen) atoms. The molecule has 0 aromatic carbocycles. The third kappa shape index (κ3) is 3.93. The fourth-order valence-electron chi connectivity index (χ4n) is 4.05. The second-order valence-electron chi connectivity index (χ2n) is 6.81. The van der Waals surface area contributed by atoms with Crippen LogP contribution in [0.15, 0.2) is 0 Å². The molecular formula is C16H32N2O. The summed E-state index contributed by atoms with van der Waals surface area (Å²) in [7, 11) is 2.27. The normalized spacial score (nSPS) is 33.8. The first-order valence-electron chi connectivity index (χ1n) is 8.28. The van der Waals surface area contributed by atoms with E-state index in [1.807, 2.05) is 0 Å². The zero-order chi connectivity index (χ0) is 13.7. The Hall–Kier alpha value is -0.120. The maximum absolute atomic E-state index is 10.5. The van der Waals surface area contributed by atoms with Crippen molar-refractivity contribution < 1.29 is 5.11 Å². The van der Waals surface area contributed by atoms with E-state index in [1.54, 1.807) is 0 Å². The lowest BCUT2D eigenvalue weighted by molar-refractivity contribution is 0.00383. The molecule has 0 aromatic heterocycles. The molecular weight excluding hydrogens is 236 g/mol. The number of nitrogens with zero attached hydrogens (tertiary/aromatic N) is 1. The van der Waals surface area contributed by atoms with Crippen molar-refractivity contribution in [1.29, 1.82) is 0 Å². The van der Waals surface area contributed by atoms with Gasteiger partial charge in [-0.15, -0.1) is 0 Å². The van der Waals surface area contributed by atoms with Crippen molar-refractivity contribution in [2.75, 3.05) is 20.1 Å². The Balaban J connectivity index is 1.77. The predicted molar refractivity (Wildman–Crippen MR) is 80.1 cm³/mol. The highest BCUT2D eigenvalue weighted by atomic mass is 16.3. The van der Waals surface area contributed by atoms with Gasteiger partial charge in [0.2, 0.25) is 0 Å². The molecule has 0 bridgehead atoms. The van der Waals surface area contributed by atoms with Crippen molar-refractivity contribution in [3.8, 4) is 0 Å². The van der Waals surface area contributed by atoms with Gasteiger partial charge < -0.3 is 15.7 Å². The van der Waals surface area contributed by atoms with E-state index in [0.29, 0.717) is 12.5 Å². The summed E-state index contributed by atoms with van der Waals surface area (Å²) in [5, 5.41) is 10.5. The Bertz CT molecular complexity index is 263. The summed E-state index contributed by atoms with van der Waals surface area (Å²) < 4.78 is 0. The zero-order valence-corrected chi connectivity index (χ0v) is 12.6. The molecule has 3 heteroatoms. The first-order chi connectivity index (χ1) is 9.15. The lowest BCUT2D eigenvalue weighted by atomic mass is 9.88. The highest BCUT2D eigenvalue weighted by Crippen LogP contribution is 2.37. The molecule has 2 unspecified atom stereocenters. The van der Waals surface area contributed by atoms with Crippen LogP contribution in [0.3, 0.4) is 0 Å². The molecule has 2 fully saturated rings. The van der Waals surface area contributed by atoms with Gasteiger partial charge in [0.15, 0.2) is 0 Å². The van der Waals surface area contributed by atoms with Crippen LogP contribution >= 0.6 is 0 Å². The molecule has 0 radical (unpaired) electrons. The highest BCUT2D eigenvalue weighted by Gasteiger charge is 2.39. The molecule has 0 spiro atoms. The standard InChI is InChI=1S/C16H32N2O/c1-18(15-8-4-2-3-5-9-15)12-10-14-7-6-11-16(14,19)13-17/h14-15,19H,2-13,17H2,1H3. The van der Waals surface area contributed by atoms with Gasteiger partial charge in [-0.1, -0.05) is 32.1 Å². The van der Waals surface area contributed by atoms with Gasteiger partial charge in [-0.05, 0) is 51.6 Å². The van der Waals surface area contributed by atoms with Crippen LogP contribution < -0.4 is 5.73 Å². The number of rotatable bonds is 5. The van der Waals surface area contributed by atoms with Gasteiger partial charge >= 0.3 is 0 Å². The highest BCUT2D eigenvalue weighted by molar-refractivity contribution is 4.93. The molecule has 2 saturated carbocycles. The summed E-state index contributed by atoms with van der Waals surface area (Å²) in [6.07, 6.45) is 12.7. The first kappa shape index (κ1) is 15.3. The van der Waals surface area contributed by atoms with E-state index in [4.69, 9.17) is 5.73 Å². The van der Waals surface area contributed by atoms with Gasteiger partial charge in [0.1, 0.15) is 0 Å². The van der Waals surface area contributed by atoms with Gasteiger partial charge in [0, 0.05) is 12.6 Å². The van der Waals surface area contributed by atoms with Crippen LogP contribution in [0.4, 0.5) is 0 Å². The van der Waals surface area contributed by atoms with Gasteiger partial charge in [-0.2, -0.15) is 0 Å². The zero-order valence-electron chi connectivity index (χ0n) is 12.6. The molecule has 0 aliphatic heterocycles. The van der Waals surface area contributed by atoms with E-state index in [-0.39, 0.29) is 0 Å². The van der Waals surface area contributed by atoms with E-state index >= 15 is 0 Å². The lowest BCUT2D eigenvalue weighted by Gasteiger charge is -2.32. The minimum Gasteiger partial charge on any atom is -0.388 e. The maximum Gasteiger partial charge on any atom is 0.0797 e. The first-order valence-corrected chi connectivity index (χ1v) is 8.28. The Morgan fingerprint density at radius 1 is 1.11 bits per heavy atom. The SMILES string of the molecule is CN(CCC1CCCC1(O)CN)C1CCCCCC1. The molecule has 0 heterocycles. The Kier molecular flexibility index (Phi) is 5.67. The Labute approximate surface area is 118 Å². The van der Waals surface area contributed by atoms with E-state index < -0.39 is 5.60 Å². The minimum absolute atomic E-state index is 0.422. The molecule has 0 aromatic rings. The van der Waals surface area contributed by atoms with Crippen LogP contribution in [-0.4, -0.2) is 41.8 Å². The largest absolute Gasteiger partial charge is 0.388 e. The molecule has 0 amide bonds. The summed E-state index contributed by atoms with van der Waals surface area (Å²) >= 11 is 0. The van der Waals surface area contributed by atoms with Gasteiger partial charge in [-0.25, -0.2) is 0 Å². The second-order valence-corrected chi connectivity index (χ2v) is 6.81. The molecule has 2 atom stereocenters.